The standard InChI is InChI=1S/C27H45N3O3/c1-22(2)7-6-13-31-15-17-33-18-16-32-14-12-28-19-25-8-10-26(11-9-25)24(5)30-21-27(20-29-30)23(3)4/h8-11,20-24,28H,6-7,12-19H2,1-5H3. The van der Waals surface area contributed by atoms with E-state index in [0.29, 0.717) is 39.0 Å². The smallest absolute Gasteiger partial charge is 0.0740 e. The Kier molecular flexibility index (Phi) is 13.3. The summed E-state index contributed by atoms with van der Waals surface area (Å²) in [5.41, 5.74) is 3.81. The molecular formula is C27H45N3O3. The molecule has 0 amide bonds. The molecule has 186 valence electrons. The number of rotatable bonds is 18. The normalized spacial score (nSPS) is 12.7. The number of hydrogen-bond donors (Lipinski definition) is 1. The molecule has 33 heavy (non-hydrogen) atoms. The van der Waals surface area contributed by atoms with Crippen molar-refractivity contribution >= 4 is 0 Å². The first-order chi connectivity index (χ1) is 16.0. The van der Waals surface area contributed by atoms with Crippen LogP contribution in [0.25, 0.3) is 0 Å². The van der Waals surface area contributed by atoms with Crippen LogP contribution in [0, 0.1) is 5.92 Å². The van der Waals surface area contributed by atoms with Crippen molar-refractivity contribution in [2.75, 3.05) is 46.2 Å². The van der Waals surface area contributed by atoms with Crippen LogP contribution in [0.4, 0.5) is 0 Å². The quantitative estimate of drug-likeness (QED) is 0.311. The largest absolute Gasteiger partial charge is 0.379 e. The van der Waals surface area contributed by atoms with E-state index in [9.17, 15) is 0 Å². The zero-order valence-corrected chi connectivity index (χ0v) is 21.4. The van der Waals surface area contributed by atoms with Crippen molar-refractivity contribution in [1.29, 1.82) is 0 Å². The van der Waals surface area contributed by atoms with Crippen LogP contribution in [0.3, 0.4) is 0 Å². The van der Waals surface area contributed by atoms with Gasteiger partial charge in [-0.25, -0.2) is 0 Å². The molecular weight excluding hydrogens is 414 g/mol. The highest BCUT2D eigenvalue weighted by Crippen LogP contribution is 2.20. The Balaban J connectivity index is 1.48. The van der Waals surface area contributed by atoms with E-state index in [-0.39, 0.29) is 6.04 Å². The summed E-state index contributed by atoms with van der Waals surface area (Å²) in [6, 6.07) is 8.99. The summed E-state index contributed by atoms with van der Waals surface area (Å²) in [6.07, 6.45) is 6.47. The molecule has 0 radical (unpaired) electrons. The maximum absolute atomic E-state index is 5.62. The van der Waals surface area contributed by atoms with E-state index in [1.165, 1.54) is 23.1 Å². The second-order valence-electron chi connectivity index (χ2n) is 9.38. The molecule has 1 heterocycles. The molecule has 0 fully saturated rings. The molecule has 0 aliphatic heterocycles. The molecule has 0 saturated heterocycles. The molecule has 2 rings (SSSR count). The van der Waals surface area contributed by atoms with E-state index in [1.54, 1.807) is 0 Å². The van der Waals surface area contributed by atoms with Crippen LogP contribution < -0.4 is 5.32 Å². The molecule has 1 unspecified atom stereocenters. The van der Waals surface area contributed by atoms with Crippen molar-refractivity contribution in [2.45, 2.75) is 66.0 Å². The summed E-state index contributed by atoms with van der Waals surface area (Å²) in [7, 11) is 0. The number of nitrogens with one attached hydrogen (secondary N) is 1. The second-order valence-corrected chi connectivity index (χ2v) is 9.38. The minimum absolute atomic E-state index is 0.228. The van der Waals surface area contributed by atoms with Gasteiger partial charge in [-0.3, -0.25) is 4.68 Å². The van der Waals surface area contributed by atoms with Gasteiger partial charge in [0.15, 0.2) is 0 Å². The Morgan fingerprint density at radius 3 is 2.06 bits per heavy atom. The average molecular weight is 460 g/mol. The van der Waals surface area contributed by atoms with Gasteiger partial charge in [-0.2, -0.15) is 5.10 Å². The molecule has 6 heteroatoms. The van der Waals surface area contributed by atoms with Crippen LogP contribution in [0.15, 0.2) is 36.7 Å². The molecule has 0 aliphatic carbocycles. The first-order valence-corrected chi connectivity index (χ1v) is 12.5. The predicted molar refractivity (Wildman–Crippen MR) is 135 cm³/mol. The van der Waals surface area contributed by atoms with Gasteiger partial charge in [0.05, 0.1) is 45.3 Å². The zero-order chi connectivity index (χ0) is 23.9. The number of aromatic nitrogens is 2. The van der Waals surface area contributed by atoms with Gasteiger partial charge < -0.3 is 19.5 Å². The van der Waals surface area contributed by atoms with Crippen molar-refractivity contribution in [3.05, 3.63) is 53.3 Å². The number of hydrogen-bond acceptors (Lipinski definition) is 5. The third-order valence-electron chi connectivity index (χ3n) is 5.71. The fourth-order valence-electron chi connectivity index (χ4n) is 3.44. The molecule has 0 aliphatic rings. The van der Waals surface area contributed by atoms with Gasteiger partial charge in [0, 0.05) is 25.9 Å². The van der Waals surface area contributed by atoms with Gasteiger partial charge in [0.1, 0.15) is 0 Å². The van der Waals surface area contributed by atoms with Crippen molar-refractivity contribution < 1.29 is 14.2 Å². The molecule has 6 nitrogen and oxygen atoms in total. The van der Waals surface area contributed by atoms with Crippen LogP contribution >= 0.6 is 0 Å². The molecule has 1 atom stereocenters. The Hall–Kier alpha value is -1.73. The summed E-state index contributed by atoms with van der Waals surface area (Å²) in [5.74, 6) is 1.25. The first-order valence-electron chi connectivity index (χ1n) is 12.5. The predicted octanol–water partition coefficient (Wildman–Crippen LogP) is 5.19. The van der Waals surface area contributed by atoms with Gasteiger partial charge in [-0.1, -0.05) is 52.0 Å². The van der Waals surface area contributed by atoms with Crippen molar-refractivity contribution in [3.8, 4) is 0 Å². The average Bonchev–Trinajstić information content (AvgIpc) is 3.30. The summed E-state index contributed by atoms with van der Waals surface area (Å²) in [4.78, 5) is 0. The van der Waals surface area contributed by atoms with Crippen LogP contribution in [-0.2, 0) is 20.8 Å². The van der Waals surface area contributed by atoms with Gasteiger partial charge in [0.2, 0.25) is 0 Å². The van der Waals surface area contributed by atoms with Crippen LogP contribution in [0.1, 0.15) is 76.1 Å². The third-order valence-corrected chi connectivity index (χ3v) is 5.71. The lowest BCUT2D eigenvalue weighted by Crippen LogP contribution is -2.20. The fraction of sp³-hybridized carbons (Fsp3) is 0.667. The molecule has 0 bridgehead atoms. The molecule has 1 aromatic heterocycles. The summed E-state index contributed by atoms with van der Waals surface area (Å²) < 4.78 is 18.8. The maximum Gasteiger partial charge on any atom is 0.0740 e. The van der Waals surface area contributed by atoms with Crippen LogP contribution in [0.5, 0.6) is 0 Å². The summed E-state index contributed by atoms with van der Waals surface area (Å²) >= 11 is 0. The van der Waals surface area contributed by atoms with Crippen LogP contribution in [0.2, 0.25) is 0 Å². The van der Waals surface area contributed by atoms with Crippen molar-refractivity contribution in [3.63, 3.8) is 0 Å². The Morgan fingerprint density at radius 2 is 1.45 bits per heavy atom. The Labute approximate surface area is 201 Å². The molecule has 1 N–H and O–H groups in total. The number of nitrogens with zero attached hydrogens (tertiary/aromatic N) is 2. The topological polar surface area (TPSA) is 57.5 Å². The van der Waals surface area contributed by atoms with E-state index >= 15 is 0 Å². The van der Waals surface area contributed by atoms with Gasteiger partial charge in [0.25, 0.3) is 0 Å². The van der Waals surface area contributed by atoms with E-state index < -0.39 is 0 Å². The minimum atomic E-state index is 0.228. The zero-order valence-electron chi connectivity index (χ0n) is 21.4. The van der Waals surface area contributed by atoms with Crippen LogP contribution in [-0.4, -0.2) is 56.0 Å². The van der Waals surface area contributed by atoms with Crippen molar-refractivity contribution in [1.82, 2.24) is 15.1 Å². The third kappa shape index (κ3) is 11.3. The highest BCUT2D eigenvalue weighted by atomic mass is 16.5. The van der Waals surface area contributed by atoms with E-state index in [2.05, 4.69) is 75.5 Å². The highest BCUT2D eigenvalue weighted by molar-refractivity contribution is 5.25. The van der Waals surface area contributed by atoms with Crippen molar-refractivity contribution in [2.24, 2.45) is 5.92 Å². The SMILES string of the molecule is CC(C)CCCOCCOCCOCCNCc1ccc(C(C)n2cc(C(C)C)cn2)cc1. The monoisotopic (exact) mass is 459 g/mol. The molecule has 2 aromatic rings. The lowest BCUT2D eigenvalue weighted by atomic mass is 10.1. The van der Waals surface area contributed by atoms with E-state index in [1.807, 2.05) is 10.9 Å². The summed E-state index contributed by atoms with van der Waals surface area (Å²) in [6.45, 7) is 16.8. The van der Waals surface area contributed by atoms with Gasteiger partial charge in [-0.15, -0.1) is 0 Å². The fourth-order valence-corrected chi connectivity index (χ4v) is 3.44. The van der Waals surface area contributed by atoms with Gasteiger partial charge >= 0.3 is 0 Å². The van der Waals surface area contributed by atoms with E-state index in [0.717, 1.165) is 32.0 Å². The molecule has 0 saturated carbocycles. The summed E-state index contributed by atoms with van der Waals surface area (Å²) in [5, 5.41) is 7.97. The van der Waals surface area contributed by atoms with Gasteiger partial charge in [-0.05, 0) is 48.3 Å². The lowest BCUT2D eigenvalue weighted by Gasteiger charge is -2.14. The first kappa shape index (κ1) is 27.5. The Bertz CT molecular complexity index is 743. The molecule has 0 spiro atoms. The second kappa shape index (κ2) is 16.0. The highest BCUT2D eigenvalue weighted by Gasteiger charge is 2.10. The molecule has 1 aromatic carbocycles. The Morgan fingerprint density at radius 1 is 0.818 bits per heavy atom. The maximum atomic E-state index is 5.62. The minimum Gasteiger partial charge on any atom is -0.379 e. The van der Waals surface area contributed by atoms with E-state index in [4.69, 9.17) is 14.2 Å². The number of benzene rings is 1. The number of ether oxygens (including phenoxy) is 3. The lowest BCUT2D eigenvalue weighted by molar-refractivity contribution is 0.0141.